The van der Waals surface area contributed by atoms with E-state index in [1.165, 1.54) is 0 Å². The Kier molecular flexibility index (Phi) is 5.29. The molecule has 1 fully saturated rings. The van der Waals surface area contributed by atoms with Crippen LogP contribution in [0.2, 0.25) is 0 Å². The predicted molar refractivity (Wildman–Crippen MR) is 121 cm³/mol. The number of aromatic nitrogens is 5. The van der Waals surface area contributed by atoms with E-state index < -0.39 is 0 Å². The van der Waals surface area contributed by atoms with Gasteiger partial charge in [-0.3, -0.25) is 9.48 Å². The first-order chi connectivity index (χ1) is 15.1. The highest BCUT2D eigenvalue weighted by atomic mass is 32.1. The third-order valence-electron chi connectivity index (χ3n) is 5.74. The normalized spacial score (nSPS) is 19.0. The highest BCUT2D eigenvalue weighted by molar-refractivity contribution is 7.22. The maximum absolute atomic E-state index is 12.9. The van der Waals surface area contributed by atoms with Crippen molar-refractivity contribution in [1.29, 1.82) is 0 Å². The molecule has 31 heavy (non-hydrogen) atoms. The molecule has 1 aliphatic rings. The Morgan fingerprint density at radius 1 is 1.29 bits per heavy atom. The van der Waals surface area contributed by atoms with E-state index in [0.717, 1.165) is 46.6 Å². The Morgan fingerprint density at radius 2 is 2.16 bits per heavy atom. The van der Waals surface area contributed by atoms with Gasteiger partial charge in [0.25, 0.3) is 5.56 Å². The van der Waals surface area contributed by atoms with Crippen LogP contribution < -0.4 is 10.9 Å². The number of fused-ring (bicyclic) bond motifs is 1. The van der Waals surface area contributed by atoms with Gasteiger partial charge in [-0.1, -0.05) is 30.2 Å². The van der Waals surface area contributed by atoms with Crippen molar-refractivity contribution in [3.63, 3.8) is 0 Å². The van der Waals surface area contributed by atoms with Gasteiger partial charge < -0.3 is 15.0 Å². The fourth-order valence-electron chi connectivity index (χ4n) is 4.08. The maximum Gasteiger partial charge on any atom is 0.277 e. The second-order valence-electron chi connectivity index (χ2n) is 8.04. The Hall–Kier alpha value is -3.04. The van der Waals surface area contributed by atoms with Gasteiger partial charge in [-0.2, -0.15) is 5.10 Å². The van der Waals surface area contributed by atoms with Crippen LogP contribution >= 0.6 is 11.3 Å². The van der Waals surface area contributed by atoms with E-state index in [1.54, 1.807) is 45.4 Å². The minimum atomic E-state index is -0.316. The minimum absolute atomic E-state index is 0.0649. The van der Waals surface area contributed by atoms with E-state index in [0.29, 0.717) is 17.8 Å². The summed E-state index contributed by atoms with van der Waals surface area (Å²) < 4.78 is 4.37. The lowest BCUT2D eigenvalue weighted by atomic mass is 9.93. The summed E-state index contributed by atoms with van der Waals surface area (Å²) in [5.74, 6) is 0. The molecule has 1 aromatic carbocycles. The highest BCUT2D eigenvalue weighted by Gasteiger charge is 2.23. The van der Waals surface area contributed by atoms with Crippen LogP contribution in [0, 0.1) is 0 Å². The molecule has 0 amide bonds. The smallest absolute Gasteiger partial charge is 0.277 e. The maximum atomic E-state index is 12.9. The zero-order valence-electron chi connectivity index (χ0n) is 17.2. The Morgan fingerprint density at radius 3 is 2.97 bits per heavy atom. The molecule has 3 heterocycles. The lowest BCUT2D eigenvalue weighted by molar-refractivity contribution is 0.116. The van der Waals surface area contributed by atoms with Gasteiger partial charge >= 0.3 is 0 Å². The summed E-state index contributed by atoms with van der Waals surface area (Å²) in [6.45, 7) is 0.451. The molecule has 4 aromatic rings. The number of aliphatic hydroxyl groups excluding tert-OH is 1. The number of hydrogen-bond acceptors (Lipinski definition) is 7. The van der Waals surface area contributed by atoms with Crippen LogP contribution in [0.1, 0.15) is 31.2 Å². The zero-order chi connectivity index (χ0) is 21.4. The second-order valence-corrected chi connectivity index (χ2v) is 9.07. The topological polar surface area (TPSA) is 97.9 Å². The third kappa shape index (κ3) is 4.11. The molecule has 0 unspecified atom stereocenters. The molecule has 0 saturated heterocycles. The second kappa shape index (κ2) is 8.24. The molecule has 9 heteroatoms. The molecule has 1 saturated carbocycles. The predicted octanol–water partition coefficient (Wildman–Crippen LogP) is 3.02. The van der Waals surface area contributed by atoms with Crippen molar-refractivity contribution in [1.82, 2.24) is 24.3 Å². The number of hydrogen-bond donors (Lipinski definition) is 2. The molecular formula is C22H24N6O2S. The molecule has 0 aliphatic heterocycles. The largest absolute Gasteiger partial charge is 0.391 e. The van der Waals surface area contributed by atoms with Gasteiger partial charge in [0.15, 0.2) is 5.13 Å². The van der Waals surface area contributed by atoms with Gasteiger partial charge in [0.2, 0.25) is 0 Å². The first kappa shape index (κ1) is 19.9. The van der Waals surface area contributed by atoms with E-state index in [-0.39, 0.29) is 17.7 Å². The zero-order valence-corrected chi connectivity index (χ0v) is 18.0. The summed E-state index contributed by atoms with van der Waals surface area (Å²) in [7, 11) is 1.81. The van der Waals surface area contributed by atoms with Crippen LogP contribution in [0.25, 0.3) is 21.5 Å². The van der Waals surface area contributed by atoms with E-state index in [2.05, 4.69) is 26.4 Å². The quantitative estimate of drug-likeness (QED) is 0.499. The van der Waals surface area contributed by atoms with Crippen molar-refractivity contribution < 1.29 is 5.11 Å². The van der Waals surface area contributed by atoms with Crippen molar-refractivity contribution in [3.05, 3.63) is 58.9 Å². The van der Waals surface area contributed by atoms with Crippen LogP contribution in [0.15, 0.2) is 47.8 Å². The van der Waals surface area contributed by atoms with Gasteiger partial charge in [0.05, 0.1) is 35.1 Å². The monoisotopic (exact) mass is 436 g/mol. The fourth-order valence-corrected chi connectivity index (χ4v) is 5.07. The average Bonchev–Trinajstić information content (AvgIpc) is 3.36. The number of rotatable bonds is 5. The Balaban J connectivity index is 1.38. The summed E-state index contributed by atoms with van der Waals surface area (Å²) in [5.41, 5.74) is 2.89. The molecule has 160 valence electrons. The molecule has 0 bridgehead atoms. The Labute approximate surface area is 183 Å². The molecule has 2 atom stereocenters. The van der Waals surface area contributed by atoms with Gasteiger partial charge in [-0.25, -0.2) is 9.97 Å². The van der Waals surface area contributed by atoms with E-state index in [9.17, 15) is 9.90 Å². The Bertz CT molecular complexity index is 1280. The highest BCUT2D eigenvalue weighted by Crippen LogP contribution is 2.30. The number of benzene rings is 1. The fraction of sp³-hybridized carbons (Fsp3) is 0.364. The van der Waals surface area contributed by atoms with Crippen LogP contribution in [-0.2, 0) is 13.6 Å². The van der Waals surface area contributed by atoms with Crippen LogP contribution in [0.4, 0.5) is 5.13 Å². The summed E-state index contributed by atoms with van der Waals surface area (Å²) in [4.78, 5) is 21.9. The molecule has 5 rings (SSSR count). The van der Waals surface area contributed by atoms with Crippen molar-refractivity contribution in [2.75, 3.05) is 5.32 Å². The summed E-state index contributed by atoms with van der Waals surface area (Å²) in [5, 5.41) is 18.6. The molecule has 2 N–H and O–H groups in total. The van der Waals surface area contributed by atoms with Crippen molar-refractivity contribution in [2.24, 2.45) is 7.05 Å². The minimum Gasteiger partial charge on any atom is -0.391 e. The molecule has 8 nitrogen and oxygen atoms in total. The summed E-state index contributed by atoms with van der Waals surface area (Å²) in [6, 6.07) is 6.12. The molecule has 0 spiro atoms. The van der Waals surface area contributed by atoms with E-state index in [1.807, 2.05) is 19.2 Å². The summed E-state index contributed by atoms with van der Waals surface area (Å²) in [6.07, 6.45) is 10.5. The van der Waals surface area contributed by atoms with Crippen LogP contribution in [-0.4, -0.2) is 41.6 Å². The van der Waals surface area contributed by atoms with Crippen molar-refractivity contribution in [3.8, 4) is 11.3 Å². The first-order valence-corrected chi connectivity index (χ1v) is 11.3. The lowest BCUT2D eigenvalue weighted by Gasteiger charge is -2.27. The first-order valence-electron chi connectivity index (χ1n) is 10.5. The van der Waals surface area contributed by atoms with Gasteiger partial charge in [-0.15, -0.1) is 0 Å². The summed E-state index contributed by atoms with van der Waals surface area (Å²) >= 11 is 1.58. The van der Waals surface area contributed by atoms with E-state index >= 15 is 0 Å². The number of aryl methyl sites for hydroxylation is 1. The van der Waals surface area contributed by atoms with Crippen molar-refractivity contribution in [2.45, 2.75) is 44.4 Å². The number of nitrogens with one attached hydrogen (secondary N) is 1. The number of thiazole rings is 1. The number of aliphatic hydroxyl groups is 1. The molecule has 1 aliphatic carbocycles. The van der Waals surface area contributed by atoms with Crippen molar-refractivity contribution >= 4 is 26.7 Å². The van der Waals surface area contributed by atoms with Gasteiger partial charge in [-0.05, 0) is 30.5 Å². The standard InChI is InChI=1S/C22H24N6O2S/c1-27-13-15(11-24-27)20-21(30)28(9-8-23-20)12-14-6-7-17-19(10-14)31-22(26-17)25-16-4-2-3-5-18(16)29/h6-11,13,16,18,29H,2-5,12H2,1H3,(H,25,26)/t16-,18-/m1/s1. The SMILES string of the molecule is Cn1cc(-c2nccn(Cc3ccc4nc(N[C@@H]5CCCC[C@H]5O)sc4c3)c2=O)cn1. The lowest BCUT2D eigenvalue weighted by Crippen LogP contribution is -2.36. The third-order valence-corrected chi connectivity index (χ3v) is 6.69. The van der Waals surface area contributed by atoms with Crippen LogP contribution in [0.3, 0.4) is 0 Å². The van der Waals surface area contributed by atoms with E-state index in [4.69, 9.17) is 0 Å². The average molecular weight is 437 g/mol. The number of nitrogens with zero attached hydrogens (tertiary/aromatic N) is 5. The van der Waals surface area contributed by atoms with Gasteiger partial charge in [0.1, 0.15) is 5.69 Å². The van der Waals surface area contributed by atoms with Crippen LogP contribution in [0.5, 0.6) is 0 Å². The molecule has 0 radical (unpaired) electrons. The molecule has 3 aromatic heterocycles. The molecular weight excluding hydrogens is 412 g/mol. The number of anilines is 1. The van der Waals surface area contributed by atoms with Gasteiger partial charge in [0, 0.05) is 31.2 Å².